The van der Waals surface area contributed by atoms with E-state index >= 15 is 0 Å². The number of nitrogens with zero attached hydrogens (tertiary/aromatic N) is 3. The zero-order chi connectivity index (χ0) is 39.6. The molecule has 15 heteroatoms. The molecule has 2 saturated carbocycles. The Labute approximate surface area is 330 Å². The van der Waals surface area contributed by atoms with Crippen LogP contribution in [0.2, 0.25) is 0 Å². The van der Waals surface area contributed by atoms with E-state index in [1.165, 1.54) is 16.2 Å². The third kappa shape index (κ3) is 8.42. The maximum Gasteiger partial charge on any atom is 0.408 e. The van der Waals surface area contributed by atoms with Crippen LogP contribution in [-0.2, 0) is 19.1 Å². The number of amides is 3. The number of carbonyl (C=O) groups excluding carboxylic acids is 3. The number of methoxy groups -OCH3 is 1. The zero-order valence-electron chi connectivity index (χ0n) is 32.5. The van der Waals surface area contributed by atoms with E-state index in [2.05, 4.69) is 16.0 Å². The number of carboxylic acid groups (broad SMARTS) is 1. The summed E-state index contributed by atoms with van der Waals surface area (Å²) in [6.45, 7) is 6.04. The minimum Gasteiger partial charge on any atom is -0.496 e. The van der Waals surface area contributed by atoms with E-state index in [1.54, 1.807) is 7.11 Å². The van der Waals surface area contributed by atoms with Crippen LogP contribution in [0.1, 0.15) is 90.0 Å². The minimum atomic E-state index is -1.45. The van der Waals surface area contributed by atoms with Crippen molar-refractivity contribution in [1.82, 2.24) is 25.5 Å². The number of allylic oxidation sites excluding steroid dienone is 1. The Kier molecular flexibility index (Phi) is 11.7. The highest BCUT2D eigenvalue weighted by Gasteiger charge is 2.61. The molecule has 56 heavy (non-hydrogen) atoms. The number of rotatable bonds is 9. The predicted molar refractivity (Wildman–Crippen MR) is 212 cm³/mol. The van der Waals surface area contributed by atoms with Gasteiger partial charge in [-0.1, -0.05) is 25.0 Å². The highest BCUT2D eigenvalue weighted by atomic mass is 32.1. The second-order valence-electron chi connectivity index (χ2n) is 15.8. The molecular formula is C41H52N6O8S. The Morgan fingerprint density at radius 1 is 1.04 bits per heavy atom. The molecule has 2 aliphatic carbocycles. The van der Waals surface area contributed by atoms with Crippen molar-refractivity contribution in [1.29, 1.82) is 0 Å². The fourth-order valence-corrected chi connectivity index (χ4v) is 9.05. The summed E-state index contributed by atoms with van der Waals surface area (Å²) < 4.78 is 18.1. The fourth-order valence-electron chi connectivity index (χ4n) is 8.19. The van der Waals surface area contributed by atoms with Crippen molar-refractivity contribution < 1.29 is 38.5 Å². The lowest BCUT2D eigenvalue weighted by atomic mass is 10.0. The number of ether oxygens (including phenoxy) is 3. The van der Waals surface area contributed by atoms with Crippen molar-refractivity contribution >= 4 is 51.2 Å². The summed E-state index contributed by atoms with van der Waals surface area (Å²) in [5.41, 5.74) is 1.26. The number of anilines is 1. The van der Waals surface area contributed by atoms with Crippen LogP contribution in [-0.4, -0.2) is 93.4 Å². The molecule has 3 aromatic rings. The van der Waals surface area contributed by atoms with Crippen LogP contribution >= 0.6 is 11.3 Å². The molecule has 4 heterocycles. The number of aromatic nitrogens is 2. The highest BCUT2D eigenvalue weighted by Crippen LogP contribution is 2.46. The Balaban J connectivity index is 1.22. The summed E-state index contributed by atoms with van der Waals surface area (Å²) in [4.78, 5) is 65.8. The molecule has 0 radical (unpaired) electrons. The Hall–Kier alpha value is -4.92. The van der Waals surface area contributed by atoms with Gasteiger partial charge >= 0.3 is 12.1 Å². The van der Waals surface area contributed by atoms with Crippen molar-refractivity contribution in [2.24, 2.45) is 5.92 Å². The molecule has 14 nitrogen and oxygen atoms in total. The van der Waals surface area contributed by atoms with Gasteiger partial charge in [0.25, 0.3) is 0 Å². The molecule has 0 bridgehead atoms. The van der Waals surface area contributed by atoms with Crippen LogP contribution in [0, 0.1) is 12.8 Å². The monoisotopic (exact) mass is 788 g/mol. The average Bonchev–Trinajstić information content (AvgIpc) is 3.59. The SMILES string of the molecule is COc1ccc2c(O[C@@H]3C[C@H]4C(=O)N[C@]5(C(=O)O)C[C@@H]5/C=C\CCCCC[C@@H](NC(=O)OC5CCCC5)C(=O)N4C3)cc(-c3csc(NC(C)C)n3)nc2c1C. The van der Waals surface area contributed by atoms with E-state index in [9.17, 15) is 24.3 Å². The van der Waals surface area contributed by atoms with Crippen LogP contribution in [0.3, 0.4) is 0 Å². The van der Waals surface area contributed by atoms with Gasteiger partial charge in [0, 0.05) is 40.8 Å². The standard InChI is InChI=1S/C41H52N6O8S/c1-23(2)42-39-44-31(22-56-39)30-19-34(28-16-17-33(53-4)24(3)35(28)43-30)54-27-18-32-36(48)46-41(38(50)51)20-25(41)12-8-6-5-7-9-15-29(37(49)47(32)21-27)45-40(52)55-26-13-10-11-14-26/h8,12,16-17,19,22-23,25-27,29,32H,5-7,9-11,13-15,18,20-21H2,1-4H3,(H,42,44)(H,45,52)(H,46,48)(H,50,51)/b12-8-/t25-,27+,29+,32-,41+/m0/s1. The molecule has 300 valence electrons. The number of hydrogen-bond donors (Lipinski definition) is 4. The number of hydrogen-bond acceptors (Lipinski definition) is 11. The summed E-state index contributed by atoms with van der Waals surface area (Å²) >= 11 is 1.47. The van der Waals surface area contributed by atoms with Crippen LogP contribution in [0.25, 0.3) is 22.3 Å². The number of alkyl carbamates (subject to hydrolysis) is 1. The van der Waals surface area contributed by atoms with Crippen molar-refractivity contribution in [3.63, 3.8) is 0 Å². The van der Waals surface area contributed by atoms with Crippen LogP contribution in [0.15, 0.2) is 35.7 Å². The molecule has 7 rings (SSSR count). The van der Waals surface area contributed by atoms with Crippen LogP contribution in [0.4, 0.5) is 9.93 Å². The molecule has 0 spiro atoms. The van der Waals surface area contributed by atoms with Gasteiger partial charge in [-0.15, -0.1) is 11.3 Å². The number of nitrogens with one attached hydrogen (secondary N) is 3. The molecule has 4 N–H and O–H groups in total. The number of thiazole rings is 1. The van der Waals surface area contributed by atoms with Crippen molar-refractivity contribution in [3.8, 4) is 22.9 Å². The largest absolute Gasteiger partial charge is 0.496 e. The first kappa shape index (κ1) is 39.3. The van der Waals surface area contributed by atoms with E-state index in [4.69, 9.17) is 24.2 Å². The summed E-state index contributed by atoms with van der Waals surface area (Å²) in [6.07, 6.45) is 9.71. The average molecular weight is 789 g/mol. The van der Waals surface area contributed by atoms with Gasteiger partial charge in [-0.2, -0.15) is 0 Å². The molecule has 4 aliphatic rings. The first-order valence-electron chi connectivity index (χ1n) is 19.8. The molecular weight excluding hydrogens is 737 g/mol. The van der Waals surface area contributed by atoms with Crippen molar-refractivity contribution in [3.05, 3.63) is 41.3 Å². The smallest absolute Gasteiger partial charge is 0.408 e. The van der Waals surface area contributed by atoms with Crippen LogP contribution in [0.5, 0.6) is 11.5 Å². The first-order valence-corrected chi connectivity index (χ1v) is 20.7. The number of benzene rings is 1. The van der Waals surface area contributed by atoms with E-state index in [-0.39, 0.29) is 37.5 Å². The van der Waals surface area contributed by atoms with E-state index < -0.39 is 47.6 Å². The maximum atomic E-state index is 14.6. The highest BCUT2D eigenvalue weighted by molar-refractivity contribution is 7.14. The number of aliphatic carboxylic acids is 1. The lowest BCUT2D eigenvalue weighted by Crippen LogP contribution is -2.56. The van der Waals surface area contributed by atoms with Gasteiger partial charge in [-0.3, -0.25) is 9.59 Å². The quantitative estimate of drug-likeness (QED) is 0.177. The number of fused-ring (bicyclic) bond motifs is 3. The lowest BCUT2D eigenvalue weighted by molar-refractivity contribution is -0.145. The summed E-state index contributed by atoms with van der Waals surface area (Å²) in [6, 6.07) is 3.75. The number of aryl methyl sites for hydroxylation is 1. The molecule has 1 aromatic carbocycles. The predicted octanol–water partition coefficient (Wildman–Crippen LogP) is 6.36. The summed E-state index contributed by atoms with van der Waals surface area (Å²) in [7, 11) is 1.60. The van der Waals surface area contributed by atoms with E-state index in [0.717, 1.165) is 61.0 Å². The van der Waals surface area contributed by atoms with Gasteiger partial charge in [-0.25, -0.2) is 19.6 Å². The third-order valence-electron chi connectivity index (χ3n) is 11.3. The lowest BCUT2D eigenvalue weighted by Gasteiger charge is -2.29. The summed E-state index contributed by atoms with van der Waals surface area (Å²) in [5.74, 6) is -1.32. The third-order valence-corrected chi connectivity index (χ3v) is 12.1. The minimum absolute atomic E-state index is 0.0314. The second kappa shape index (κ2) is 16.7. The number of pyridine rings is 1. The molecule has 3 fully saturated rings. The van der Waals surface area contributed by atoms with Gasteiger partial charge in [0.05, 0.1) is 24.9 Å². The van der Waals surface area contributed by atoms with Gasteiger partial charge in [-0.05, 0) is 84.3 Å². The number of carbonyl (C=O) groups is 4. The van der Waals surface area contributed by atoms with Crippen molar-refractivity contribution in [2.45, 2.75) is 127 Å². The fraction of sp³-hybridized carbons (Fsp3) is 0.561. The normalized spacial score (nSPS) is 26.4. The summed E-state index contributed by atoms with van der Waals surface area (Å²) in [5, 5.41) is 22.7. The topological polar surface area (TPSA) is 181 Å². The Morgan fingerprint density at radius 3 is 2.57 bits per heavy atom. The van der Waals surface area contributed by atoms with Crippen LogP contribution < -0.4 is 25.4 Å². The zero-order valence-corrected chi connectivity index (χ0v) is 33.3. The Bertz CT molecular complexity index is 2000. The molecule has 2 aromatic heterocycles. The van der Waals surface area contributed by atoms with Gasteiger partial charge in [0.2, 0.25) is 11.8 Å². The molecule has 3 amide bonds. The molecule has 1 saturated heterocycles. The van der Waals surface area contributed by atoms with Gasteiger partial charge in [0.15, 0.2) is 5.13 Å². The van der Waals surface area contributed by atoms with Gasteiger partial charge < -0.3 is 40.2 Å². The molecule has 2 aliphatic heterocycles. The van der Waals surface area contributed by atoms with Gasteiger partial charge in [0.1, 0.15) is 47.0 Å². The van der Waals surface area contributed by atoms with E-state index in [1.807, 2.05) is 56.5 Å². The first-order chi connectivity index (χ1) is 26.9. The maximum absolute atomic E-state index is 14.6. The van der Waals surface area contributed by atoms with E-state index in [0.29, 0.717) is 41.2 Å². The Morgan fingerprint density at radius 2 is 1.82 bits per heavy atom. The molecule has 0 unspecified atom stereocenters. The molecule has 5 atom stereocenters. The number of carboxylic acids is 1. The van der Waals surface area contributed by atoms with Crippen molar-refractivity contribution in [2.75, 3.05) is 19.0 Å². The second-order valence-corrected chi connectivity index (χ2v) is 16.6.